The number of aromatic nitrogens is 1. The molecule has 0 N–H and O–H groups in total. The molecule has 0 atom stereocenters. The van der Waals surface area contributed by atoms with Crippen molar-refractivity contribution >= 4 is 39.4 Å². The fourth-order valence-corrected chi connectivity index (χ4v) is 5.83. The molecule has 0 unspecified atom stereocenters. The van der Waals surface area contributed by atoms with E-state index in [0.717, 1.165) is 16.0 Å². The van der Waals surface area contributed by atoms with Crippen LogP contribution in [0.3, 0.4) is 0 Å². The third-order valence-corrected chi connectivity index (χ3v) is 8.03. The van der Waals surface area contributed by atoms with Crippen LogP contribution in [-0.4, -0.2) is 43.9 Å². The van der Waals surface area contributed by atoms with Gasteiger partial charge < -0.3 is 9.32 Å². The molecule has 160 valence electrons. The van der Waals surface area contributed by atoms with Crippen molar-refractivity contribution in [1.29, 1.82) is 5.26 Å². The highest BCUT2D eigenvalue weighted by Crippen LogP contribution is 2.27. The number of hydrogen-bond acceptors (Lipinski definition) is 7. The average molecular weight is 455 g/mol. The number of anilines is 1. The van der Waals surface area contributed by atoms with E-state index in [1.165, 1.54) is 4.31 Å². The van der Waals surface area contributed by atoms with Crippen LogP contribution in [0.5, 0.6) is 0 Å². The third-order valence-electron chi connectivity index (χ3n) is 5.15. The molecule has 0 radical (unpaired) electrons. The van der Waals surface area contributed by atoms with Crippen molar-refractivity contribution in [3.8, 4) is 6.07 Å². The number of rotatable bonds is 5. The summed E-state index contributed by atoms with van der Waals surface area (Å²) < 4.78 is 33.6. The van der Waals surface area contributed by atoms with Crippen LogP contribution in [0.1, 0.15) is 27.6 Å². The van der Waals surface area contributed by atoms with Gasteiger partial charge in [0.15, 0.2) is 0 Å². The summed E-state index contributed by atoms with van der Waals surface area (Å²) in [4.78, 5) is 7.54. The molecular formula is C22H22N4O3S2. The maximum absolute atomic E-state index is 13.1. The van der Waals surface area contributed by atoms with Crippen LogP contribution in [-0.2, 0) is 10.0 Å². The Balaban J connectivity index is 1.50. The predicted molar refractivity (Wildman–Crippen MR) is 121 cm³/mol. The fraction of sp³-hybridized carbons (Fsp3) is 0.273. The molecule has 0 amide bonds. The van der Waals surface area contributed by atoms with Gasteiger partial charge in [-0.25, -0.2) is 8.42 Å². The predicted octanol–water partition coefficient (Wildman–Crippen LogP) is 3.91. The highest BCUT2D eigenvalue weighted by molar-refractivity contribution is 7.89. The van der Waals surface area contributed by atoms with Gasteiger partial charge in [0, 0.05) is 37.1 Å². The van der Waals surface area contributed by atoms with Crippen molar-refractivity contribution in [1.82, 2.24) is 9.29 Å². The highest BCUT2D eigenvalue weighted by Gasteiger charge is 2.31. The van der Waals surface area contributed by atoms with Crippen molar-refractivity contribution in [3.63, 3.8) is 0 Å². The SMILES string of the molecule is Cc1ccc(C)c(S(=O)(=O)N2CCN(c3oc(/C=C/c4cccs4)nc3C#N)CC2)c1. The van der Waals surface area contributed by atoms with E-state index in [0.29, 0.717) is 42.8 Å². The van der Waals surface area contributed by atoms with Crippen molar-refractivity contribution in [3.05, 3.63) is 63.3 Å². The van der Waals surface area contributed by atoms with Crippen LogP contribution in [0.4, 0.5) is 5.88 Å². The lowest BCUT2D eigenvalue weighted by atomic mass is 10.2. The summed E-state index contributed by atoms with van der Waals surface area (Å²) in [5, 5.41) is 11.5. The zero-order valence-electron chi connectivity index (χ0n) is 17.3. The van der Waals surface area contributed by atoms with Gasteiger partial charge in [-0.3, -0.25) is 0 Å². The first-order valence-electron chi connectivity index (χ1n) is 9.83. The number of piperazine rings is 1. The zero-order chi connectivity index (χ0) is 22.0. The smallest absolute Gasteiger partial charge is 0.243 e. The monoisotopic (exact) mass is 454 g/mol. The van der Waals surface area contributed by atoms with Crippen LogP contribution >= 0.6 is 11.3 Å². The molecule has 0 spiro atoms. The van der Waals surface area contributed by atoms with Crippen molar-refractivity contribution in [2.75, 3.05) is 31.1 Å². The summed E-state index contributed by atoms with van der Waals surface area (Å²) in [5.41, 5.74) is 1.85. The van der Waals surface area contributed by atoms with Gasteiger partial charge in [-0.2, -0.15) is 14.6 Å². The Kier molecular flexibility index (Phi) is 5.96. The molecule has 1 aromatic carbocycles. The Bertz CT molecular complexity index is 1250. The molecule has 0 bridgehead atoms. The van der Waals surface area contributed by atoms with Crippen LogP contribution in [0, 0.1) is 25.2 Å². The number of aryl methyl sites for hydroxylation is 2. The number of benzene rings is 1. The minimum atomic E-state index is -3.58. The second kappa shape index (κ2) is 8.67. The van der Waals surface area contributed by atoms with Crippen molar-refractivity contribution < 1.29 is 12.8 Å². The fourth-order valence-electron chi connectivity index (χ4n) is 3.48. The lowest BCUT2D eigenvalue weighted by Gasteiger charge is -2.34. The molecule has 2 aromatic heterocycles. The molecule has 1 fully saturated rings. The molecule has 1 aliphatic rings. The van der Waals surface area contributed by atoms with E-state index in [1.807, 2.05) is 54.5 Å². The molecule has 4 rings (SSSR count). The maximum Gasteiger partial charge on any atom is 0.243 e. The molecule has 31 heavy (non-hydrogen) atoms. The highest BCUT2D eigenvalue weighted by atomic mass is 32.2. The van der Waals surface area contributed by atoms with E-state index in [-0.39, 0.29) is 5.69 Å². The second-order valence-electron chi connectivity index (χ2n) is 7.33. The Morgan fingerprint density at radius 3 is 2.61 bits per heavy atom. The molecule has 0 saturated carbocycles. The number of nitriles is 1. The number of nitrogens with zero attached hydrogens (tertiary/aromatic N) is 4. The first kappa shape index (κ1) is 21.3. The van der Waals surface area contributed by atoms with Gasteiger partial charge in [-0.05, 0) is 48.6 Å². The summed E-state index contributed by atoms with van der Waals surface area (Å²) in [5.74, 6) is 0.738. The molecule has 3 heterocycles. The van der Waals surface area contributed by atoms with E-state index in [1.54, 1.807) is 23.5 Å². The van der Waals surface area contributed by atoms with Gasteiger partial charge in [0.2, 0.25) is 27.5 Å². The molecule has 1 saturated heterocycles. The quantitative estimate of drug-likeness (QED) is 0.581. The number of hydrogen-bond donors (Lipinski definition) is 0. The molecule has 9 heteroatoms. The van der Waals surface area contributed by atoms with E-state index < -0.39 is 10.0 Å². The van der Waals surface area contributed by atoms with Gasteiger partial charge >= 0.3 is 0 Å². The van der Waals surface area contributed by atoms with Crippen LogP contribution in [0.15, 0.2) is 45.0 Å². The summed E-state index contributed by atoms with van der Waals surface area (Å²) in [6.45, 7) is 5.14. The van der Waals surface area contributed by atoms with E-state index in [2.05, 4.69) is 11.1 Å². The van der Waals surface area contributed by atoms with Crippen LogP contribution in [0.2, 0.25) is 0 Å². The van der Waals surface area contributed by atoms with E-state index >= 15 is 0 Å². The summed E-state index contributed by atoms with van der Waals surface area (Å²) in [7, 11) is -3.58. The minimum Gasteiger partial charge on any atom is -0.420 e. The second-order valence-corrected chi connectivity index (χ2v) is 10.2. The number of sulfonamides is 1. The maximum atomic E-state index is 13.1. The van der Waals surface area contributed by atoms with E-state index in [9.17, 15) is 13.7 Å². The van der Waals surface area contributed by atoms with Gasteiger partial charge in [-0.1, -0.05) is 18.2 Å². The van der Waals surface area contributed by atoms with Crippen molar-refractivity contribution in [2.24, 2.45) is 0 Å². The third kappa shape index (κ3) is 4.42. The lowest BCUT2D eigenvalue weighted by molar-refractivity contribution is 0.373. The minimum absolute atomic E-state index is 0.205. The zero-order valence-corrected chi connectivity index (χ0v) is 18.9. The molecule has 0 aliphatic carbocycles. The molecule has 1 aliphatic heterocycles. The summed E-state index contributed by atoms with van der Waals surface area (Å²) in [6.07, 6.45) is 3.62. The molecular weight excluding hydrogens is 432 g/mol. The lowest BCUT2D eigenvalue weighted by Crippen LogP contribution is -2.48. The van der Waals surface area contributed by atoms with Crippen molar-refractivity contribution in [2.45, 2.75) is 18.7 Å². The largest absolute Gasteiger partial charge is 0.420 e. The first-order valence-corrected chi connectivity index (χ1v) is 12.2. The number of thiophene rings is 1. The number of oxazole rings is 1. The Hall–Kier alpha value is -2.93. The average Bonchev–Trinajstić information content (AvgIpc) is 3.43. The normalized spacial score (nSPS) is 15.5. The van der Waals surface area contributed by atoms with E-state index in [4.69, 9.17) is 4.42 Å². The molecule has 3 aromatic rings. The topological polar surface area (TPSA) is 90.4 Å². The van der Waals surface area contributed by atoms with Gasteiger partial charge in [0.25, 0.3) is 0 Å². The first-order chi connectivity index (χ1) is 14.9. The summed E-state index contributed by atoms with van der Waals surface area (Å²) >= 11 is 1.60. The van der Waals surface area contributed by atoms with Gasteiger partial charge in [0.1, 0.15) is 6.07 Å². The standard InChI is InChI=1S/C22H22N4O3S2/c1-16-5-6-17(2)20(14-16)31(27,28)26-11-9-25(10-12-26)22-19(15-23)24-21(29-22)8-7-18-4-3-13-30-18/h3-8,13-14H,9-12H2,1-2H3/b8-7+. The Morgan fingerprint density at radius 1 is 1.16 bits per heavy atom. The Labute approximate surface area is 185 Å². The van der Waals surface area contributed by atoms with Crippen LogP contribution in [0.25, 0.3) is 12.2 Å². The van der Waals surface area contributed by atoms with Gasteiger partial charge in [-0.15, -0.1) is 11.3 Å². The van der Waals surface area contributed by atoms with Crippen LogP contribution < -0.4 is 4.90 Å². The Morgan fingerprint density at radius 2 is 1.94 bits per heavy atom. The summed E-state index contributed by atoms with van der Waals surface area (Å²) in [6, 6.07) is 11.5. The van der Waals surface area contributed by atoms with Gasteiger partial charge in [0.05, 0.1) is 4.90 Å². The molecule has 7 nitrogen and oxygen atoms in total.